The van der Waals surface area contributed by atoms with E-state index in [-0.39, 0.29) is 17.5 Å². The van der Waals surface area contributed by atoms with Crippen molar-refractivity contribution in [2.75, 3.05) is 31.9 Å². The second-order valence-corrected chi connectivity index (χ2v) is 13.0. The van der Waals surface area contributed by atoms with Crippen molar-refractivity contribution in [1.29, 1.82) is 0 Å². The largest absolute Gasteiger partial charge is 0.490 e. The molecule has 14 heteroatoms. The topological polar surface area (TPSA) is 137 Å². The van der Waals surface area contributed by atoms with E-state index in [1.54, 1.807) is 17.3 Å². The number of aromatic amines is 1. The van der Waals surface area contributed by atoms with Gasteiger partial charge in [-0.3, -0.25) is 9.69 Å². The van der Waals surface area contributed by atoms with Gasteiger partial charge in [0, 0.05) is 36.8 Å². The Bertz CT molecular complexity index is 1590. The van der Waals surface area contributed by atoms with E-state index in [1.165, 1.54) is 18.9 Å². The molecule has 3 heterocycles. The first kappa shape index (κ1) is 32.4. The van der Waals surface area contributed by atoms with E-state index in [1.807, 2.05) is 24.4 Å². The van der Waals surface area contributed by atoms with Crippen LogP contribution in [0.25, 0.3) is 22.0 Å². The molecule has 2 aliphatic rings. The molecular weight excluding hydrogens is 592 g/mol. The van der Waals surface area contributed by atoms with E-state index in [0.717, 1.165) is 36.1 Å². The second kappa shape index (κ2) is 13.0. The standard InChI is InChI=1S/C27H33FN4O3S.C2HF3O2/c1-2-36(34,35)32-11-7-19(8-12-32)24-16-30-26-22(24)14-20(15-23(26)27(29)33)21-13-18(5-6-25(21)28)17-31-9-3-4-10-31;3-2(4,5)1(6)7/h5-6,13-16,19,30H,2-4,7-12,17H2,1H3,(H2,29,33);(H,6,7). The van der Waals surface area contributed by atoms with Gasteiger partial charge in [-0.2, -0.15) is 13.2 Å². The van der Waals surface area contributed by atoms with Crippen molar-refractivity contribution < 1.29 is 40.7 Å². The van der Waals surface area contributed by atoms with E-state index in [9.17, 15) is 26.4 Å². The molecule has 5 rings (SSSR count). The van der Waals surface area contributed by atoms with Gasteiger partial charge in [-0.05, 0) is 92.6 Å². The molecule has 0 radical (unpaired) electrons. The first-order valence-electron chi connectivity index (χ1n) is 13.9. The number of carboxylic acids is 1. The number of nitrogens with two attached hydrogens (primary N) is 1. The van der Waals surface area contributed by atoms with Crippen LogP contribution < -0.4 is 5.73 Å². The summed E-state index contributed by atoms with van der Waals surface area (Å²) >= 11 is 0. The molecule has 2 aliphatic heterocycles. The number of piperidine rings is 1. The lowest BCUT2D eigenvalue weighted by Gasteiger charge is -2.31. The number of fused-ring (bicyclic) bond motifs is 1. The van der Waals surface area contributed by atoms with Crippen molar-refractivity contribution in [3.63, 3.8) is 0 Å². The number of hydrogen-bond donors (Lipinski definition) is 3. The number of H-pyrrole nitrogens is 1. The number of rotatable bonds is 7. The molecule has 9 nitrogen and oxygen atoms in total. The molecule has 2 aromatic carbocycles. The highest BCUT2D eigenvalue weighted by molar-refractivity contribution is 7.89. The molecule has 0 aliphatic carbocycles. The quantitative estimate of drug-likeness (QED) is 0.322. The molecule has 0 unspecified atom stereocenters. The van der Waals surface area contributed by atoms with E-state index in [4.69, 9.17) is 15.6 Å². The van der Waals surface area contributed by atoms with E-state index in [0.29, 0.717) is 48.1 Å². The number of carbonyl (C=O) groups is 2. The molecule has 1 amide bonds. The van der Waals surface area contributed by atoms with Gasteiger partial charge in [0.05, 0.1) is 16.8 Å². The van der Waals surface area contributed by atoms with E-state index < -0.39 is 28.1 Å². The molecule has 43 heavy (non-hydrogen) atoms. The van der Waals surface area contributed by atoms with Crippen LogP contribution in [0.1, 0.15) is 60.0 Å². The van der Waals surface area contributed by atoms with Crippen molar-refractivity contribution >= 4 is 32.8 Å². The molecule has 3 aromatic rings. The number of amides is 1. The van der Waals surface area contributed by atoms with Crippen LogP contribution in [0.3, 0.4) is 0 Å². The summed E-state index contributed by atoms with van der Waals surface area (Å²) in [5, 5.41) is 7.96. The SMILES string of the molecule is CCS(=O)(=O)N1CCC(c2c[nH]c3c(C(N)=O)cc(-c4cc(CN5CCCC5)ccc4F)cc23)CC1.O=C(O)C(F)(F)F. The number of halogens is 4. The first-order chi connectivity index (χ1) is 20.2. The minimum absolute atomic E-state index is 0.0957. The van der Waals surface area contributed by atoms with Crippen LogP contribution in [0, 0.1) is 5.82 Å². The summed E-state index contributed by atoms with van der Waals surface area (Å²) in [5.41, 5.74) is 9.81. The van der Waals surface area contributed by atoms with Crippen LogP contribution >= 0.6 is 0 Å². The van der Waals surface area contributed by atoms with Crippen LogP contribution in [0.4, 0.5) is 17.6 Å². The Morgan fingerprint density at radius 2 is 1.70 bits per heavy atom. The average molecular weight is 627 g/mol. The molecule has 0 bridgehead atoms. The van der Waals surface area contributed by atoms with Crippen molar-refractivity contribution in [1.82, 2.24) is 14.2 Å². The molecule has 2 fully saturated rings. The third kappa shape index (κ3) is 7.54. The van der Waals surface area contributed by atoms with Gasteiger partial charge < -0.3 is 15.8 Å². The monoisotopic (exact) mass is 626 g/mol. The maximum atomic E-state index is 15.1. The molecular formula is C29H34F4N4O5S. The highest BCUT2D eigenvalue weighted by Gasteiger charge is 2.38. The third-order valence-electron chi connectivity index (χ3n) is 7.93. The predicted molar refractivity (Wildman–Crippen MR) is 153 cm³/mol. The fourth-order valence-electron chi connectivity index (χ4n) is 5.66. The number of primary amides is 1. The summed E-state index contributed by atoms with van der Waals surface area (Å²) in [6.07, 6.45) is 0.540. The zero-order valence-corrected chi connectivity index (χ0v) is 24.4. The maximum Gasteiger partial charge on any atom is 0.490 e. The number of nitrogens with one attached hydrogen (secondary N) is 1. The fourth-order valence-corrected chi connectivity index (χ4v) is 6.79. The Morgan fingerprint density at radius 1 is 1.07 bits per heavy atom. The summed E-state index contributed by atoms with van der Waals surface area (Å²) in [6, 6.07) is 8.79. The van der Waals surface area contributed by atoms with Gasteiger partial charge in [-0.15, -0.1) is 0 Å². The molecule has 234 valence electrons. The van der Waals surface area contributed by atoms with Crippen LogP contribution in [-0.2, 0) is 21.4 Å². The first-order valence-corrected chi connectivity index (χ1v) is 15.6. The van der Waals surface area contributed by atoms with Crippen molar-refractivity contribution in [3.8, 4) is 11.1 Å². The number of sulfonamides is 1. The van der Waals surface area contributed by atoms with Crippen molar-refractivity contribution in [2.24, 2.45) is 5.73 Å². The fraction of sp³-hybridized carbons (Fsp3) is 0.448. The Kier molecular flexibility index (Phi) is 9.82. The number of carboxylic acid groups (broad SMARTS) is 1. The number of aliphatic carboxylic acids is 1. The summed E-state index contributed by atoms with van der Waals surface area (Å²) < 4.78 is 72.9. The second-order valence-electron chi connectivity index (χ2n) is 10.7. The van der Waals surface area contributed by atoms with Gasteiger partial charge in [0.2, 0.25) is 10.0 Å². The van der Waals surface area contributed by atoms with Gasteiger partial charge in [-0.25, -0.2) is 21.9 Å². The number of likely N-dealkylation sites (tertiary alicyclic amines) is 1. The lowest BCUT2D eigenvalue weighted by Crippen LogP contribution is -2.38. The summed E-state index contributed by atoms with van der Waals surface area (Å²) in [5.74, 6) is -3.45. The lowest BCUT2D eigenvalue weighted by atomic mass is 9.88. The van der Waals surface area contributed by atoms with Gasteiger partial charge in [0.1, 0.15) is 5.82 Å². The number of alkyl halides is 3. The summed E-state index contributed by atoms with van der Waals surface area (Å²) in [6.45, 7) is 5.46. The van der Waals surface area contributed by atoms with Crippen LogP contribution in [0.5, 0.6) is 0 Å². The molecule has 0 saturated carbocycles. The maximum absolute atomic E-state index is 15.1. The van der Waals surface area contributed by atoms with Crippen molar-refractivity contribution in [2.45, 2.75) is 51.2 Å². The van der Waals surface area contributed by atoms with Gasteiger partial charge in [0.15, 0.2) is 0 Å². The number of aromatic nitrogens is 1. The number of hydrogen-bond acceptors (Lipinski definition) is 5. The molecule has 2 saturated heterocycles. The van der Waals surface area contributed by atoms with Crippen LogP contribution in [0.15, 0.2) is 36.5 Å². The Labute approximate surface area is 246 Å². The zero-order valence-electron chi connectivity index (χ0n) is 23.6. The highest BCUT2D eigenvalue weighted by atomic mass is 32.2. The molecule has 0 spiro atoms. The smallest absolute Gasteiger partial charge is 0.475 e. The molecule has 0 atom stereocenters. The lowest BCUT2D eigenvalue weighted by molar-refractivity contribution is -0.192. The van der Waals surface area contributed by atoms with Crippen molar-refractivity contribution in [3.05, 3.63) is 59.0 Å². The van der Waals surface area contributed by atoms with E-state index >= 15 is 4.39 Å². The normalized spacial score (nSPS) is 17.1. The third-order valence-corrected chi connectivity index (χ3v) is 9.81. The van der Waals surface area contributed by atoms with Gasteiger partial charge >= 0.3 is 12.1 Å². The van der Waals surface area contributed by atoms with Gasteiger partial charge in [-0.1, -0.05) is 6.07 Å². The Morgan fingerprint density at radius 3 is 2.26 bits per heavy atom. The Balaban J connectivity index is 0.000000541. The summed E-state index contributed by atoms with van der Waals surface area (Å²) in [4.78, 5) is 26.9. The van der Waals surface area contributed by atoms with Gasteiger partial charge in [0.25, 0.3) is 5.91 Å². The minimum Gasteiger partial charge on any atom is -0.475 e. The molecule has 4 N–H and O–H groups in total. The van der Waals surface area contributed by atoms with Crippen LogP contribution in [0.2, 0.25) is 0 Å². The highest BCUT2D eigenvalue weighted by Crippen LogP contribution is 2.38. The minimum atomic E-state index is -5.08. The van der Waals surface area contributed by atoms with Crippen LogP contribution in [-0.4, -0.2) is 77.7 Å². The zero-order chi connectivity index (χ0) is 31.5. The number of carbonyl (C=O) groups excluding carboxylic acids is 1. The number of nitrogens with zero attached hydrogens (tertiary/aromatic N) is 2. The number of benzene rings is 2. The average Bonchev–Trinajstić information content (AvgIpc) is 3.63. The molecule has 1 aromatic heterocycles. The van der Waals surface area contributed by atoms with E-state index in [2.05, 4.69) is 9.88 Å². The summed E-state index contributed by atoms with van der Waals surface area (Å²) in [7, 11) is -3.22. The predicted octanol–water partition coefficient (Wildman–Crippen LogP) is 4.83. The Hall–Kier alpha value is -3.49.